The molecule has 306 valence electrons. The van der Waals surface area contributed by atoms with Crippen molar-refractivity contribution >= 4 is 103 Å². The van der Waals surface area contributed by atoms with Crippen LogP contribution in [-0.4, -0.2) is 122 Å². The van der Waals surface area contributed by atoms with Gasteiger partial charge >= 0.3 is 17.9 Å². The lowest BCUT2D eigenvalue weighted by Gasteiger charge is -2.21. The van der Waals surface area contributed by atoms with Crippen molar-refractivity contribution in [3.05, 3.63) is 68.4 Å². The molecule has 0 atom stereocenters. The van der Waals surface area contributed by atoms with Gasteiger partial charge in [-0.3, -0.25) is 52.3 Å². The Labute approximate surface area is 340 Å². The zero-order chi connectivity index (χ0) is 41.9. The van der Waals surface area contributed by atoms with Crippen molar-refractivity contribution in [2.75, 3.05) is 51.1 Å². The van der Waals surface area contributed by atoms with Crippen molar-refractivity contribution in [2.45, 2.75) is 37.8 Å². The first-order chi connectivity index (χ1) is 26.9. The van der Waals surface area contributed by atoms with Crippen LogP contribution in [0.5, 0.6) is 5.75 Å². The Balaban J connectivity index is 1.75. The first-order valence-corrected chi connectivity index (χ1v) is 21.2. The average molecular weight is 886 g/mol. The van der Waals surface area contributed by atoms with Gasteiger partial charge in [0.25, 0.3) is 27.1 Å². The molecule has 4 heterocycles. The van der Waals surface area contributed by atoms with Gasteiger partial charge in [-0.25, -0.2) is 0 Å². The van der Waals surface area contributed by atoms with E-state index in [2.05, 4.69) is 0 Å². The van der Waals surface area contributed by atoms with Crippen LogP contribution in [0.3, 0.4) is 0 Å². The first kappa shape index (κ1) is 43.3. The average Bonchev–Trinajstić information content (AvgIpc) is 3.80. The van der Waals surface area contributed by atoms with Gasteiger partial charge in [-0.2, -0.15) is 8.42 Å². The van der Waals surface area contributed by atoms with Crippen LogP contribution in [-0.2, 0) is 47.1 Å². The number of carbonyl (C=O) groups excluding carboxylic acids is 1. The van der Waals surface area contributed by atoms with E-state index in [4.69, 9.17) is 26.2 Å². The summed E-state index contributed by atoms with van der Waals surface area (Å²) in [6, 6.07) is 5.43. The summed E-state index contributed by atoms with van der Waals surface area (Å²) >= 11 is 8.04. The third-order valence-corrected chi connectivity index (χ3v) is 13.4. The van der Waals surface area contributed by atoms with Crippen LogP contribution in [0.2, 0.25) is 0 Å². The van der Waals surface area contributed by atoms with Crippen LogP contribution >= 0.6 is 46.7 Å². The number of benzene rings is 1. The summed E-state index contributed by atoms with van der Waals surface area (Å²) in [6.45, 7) is -0.374. The van der Waals surface area contributed by atoms with Crippen molar-refractivity contribution in [1.29, 1.82) is 0 Å². The second kappa shape index (κ2) is 17.7. The number of ether oxygens (including phenoxy) is 2. The van der Waals surface area contributed by atoms with E-state index in [0.29, 0.717) is 27.7 Å². The van der Waals surface area contributed by atoms with Gasteiger partial charge in [0.2, 0.25) is 0 Å². The van der Waals surface area contributed by atoms with Crippen molar-refractivity contribution in [1.82, 2.24) is 18.9 Å². The molecule has 5 rings (SSSR count). The van der Waals surface area contributed by atoms with Gasteiger partial charge in [-0.15, -0.1) is 22.7 Å². The van der Waals surface area contributed by atoms with Crippen LogP contribution in [0, 0.1) is 9.20 Å². The molecule has 0 unspecified atom stereocenters. The van der Waals surface area contributed by atoms with E-state index >= 15 is 0 Å². The van der Waals surface area contributed by atoms with Crippen LogP contribution in [0.1, 0.15) is 19.8 Å². The predicted octanol–water partition coefficient (Wildman–Crippen LogP) is 0.158. The lowest BCUT2D eigenvalue weighted by molar-refractivity contribution is -0.138. The van der Waals surface area contributed by atoms with E-state index in [9.17, 15) is 52.5 Å². The summed E-state index contributed by atoms with van der Waals surface area (Å²) in [5.41, 5.74) is -0.872. The Hall–Kier alpha value is -4.85. The minimum Gasteiger partial charge on any atom is -0.497 e. The van der Waals surface area contributed by atoms with Crippen LogP contribution < -0.4 is 30.0 Å². The Bertz CT molecular complexity index is 2660. The molecule has 3 aromatic rings. The fourth-order valence-electron chi connectivity index (χ4n) is 5.81. The highest BCUT2D eigenvalue weighted by atomic mass is 32.2. The largest absolute Gasteiger partial charge is 0.497 e. The number of amides is 1. The third-order valence-electron chi connectivity index (χ3n) is 8.40. The summed E-state index contributed by atoms with van der Waals surface area (Å²) < 4.78 is 43.3. The Kier molecular flexibility index (Phi) is 13.5. The molecule has 2 aliphatic rings. The smallest absolute Gasteiger partial charge is 0.323 e. The number of thiazole rings is 2. The highest BCUT2D eigenvalue weighted by Crippen LogP contribution is 2.47. The molecule has 1 amide bonds. The van der Waals surface area contributed by atoms with Crippen LogP contribution in [0.4, 0.5) is 5.69 Å². The molecule has 0 aliphatic carbocycles. The van der Waals surface area contributed by atoms with Gasteiger partial charge in [0.1, 0.15) is 44.9 Å². The number of aliphatic carboxylic acids is 3. The molecule has 0 radical (unpaired) electrons. The molecule has 1 saturated heterocycles. The highest BCUT2D eigenvalue weighted by molar-refractivity contribution is 8.03. The molecule has 0 bridgehead atoms. The number of carboxylic acids is 3. The van der Waals surface area contributed by atoms with Gasteiger partial charge in [-0.1, -0.05) is 18.7 Å². The number of carboxylic acid groups (broad SMARTS) is 3. The number of allylic oxidation sites excluding steroid dienone is 1. The Morgan fingerprint density at radius 3 is 2.16 bits per heavy atom. The van der Waals surface area contributed by atoms with E-state index in [1.807, 2.05) is 17.0 Å². The number of hydrogen-bond donors (Lipinski definition) is 4. The number of rotatable bonds is 16. The topological polar surface area (TPSA) is 256 Å². The number of hydrogen-bond acceptors (Lipinski definition) is 15. The number of likely N-dealkylation sites (N-methyl/N-ethyl adjacent to an activating group) is 1. The number of nitrogens with zero attached hydrogens (tertiary/aromatic N) is 5. The molecule has 2 aromatic heterocycles. The SMILES string of the molecule is CCC(/C=C1\Sc2ccc(OC)cc2N1CCOCCCS(=O)(=O)O)=c1\s/c(=c2/s/c(=C3\C(=O)N(C)C(=S)N3CC(=O)O)n(CC(=O)O)c2=O)n(CC(=O)O)c1=O. The van der Waals surface area contributed by atoms with Crippen molar-refractivity contribution in [3.63, 3.8) is 0 Å². The number of aromatic nitrogens is 2. The maximum atomic E-state index is 14.1. The second-order valence-electron chi connectivity index (χ2n) is 12.2. The number of fused-ring (bicyclic) bond motifs is 1. The minimum atomic E-state index is -4.14. The fourth-order valence-corrected chi connectivity index (χ4v) is 10.2. The second-order valence-corrected chi connectivity index (χ2v) is 17.2. The van der Waals surface area contributed by atoms with E-state index in [1.54, 1.807) is 19.1 Å². The van der Waals surface area contributed by atoms with Crippen molar-refractivity contribution in [2.24, 2.45) is 0 Å². The molecular formula is C33H35N5O14S5. The molecule has 0 spiro atoms. The Morgan fingerprint density at radius 1 is 0.912 bits per heavy atom. The lowest BCUT2D eigenvalue weighted by atomic mass is 10.2. The van der Waals surface area contributed by atoms with Crippen LogP contribution in [0.15, 0.2) is 43.8 Å². The van der Waals surface area contributed by atoms with Gasteiger partial charge in [0.05, 0.1) is 34.7 Å². The lowest BCUT2D eigenvalue weighted by Crippen LogP contribution is -2.37. The maximum absolute atomic E-state index is 14.1. The summed E-state index contributed by atoms with van der Waals surface area (Å²) in [5.74, 6) is -4.97. The molecule has 2 aliphatic heterocycles. The normalized spacial score (nSPS) is 17.1. The number of anilines is 1. The molecule has 1 fully saturated rings. The Morgan fingerprint density at radius 2 is 1.56 bits per heavy atom. The summed E-state index contributed by atoms with van der Waals surface area (Å²) in [6.07, 6.45) is 2.07. The van der Waals surface area contributed by atoms with E-state index < -0.39 is 70.4 Å². The molecule has 19 nitrogen and oxygen atoms in total. The van der Waals surface area contributed by atoms with Crippen LogP contribution in [0.25, 0.3) is 11.3 Å². The van der Waals surface area contributed by atoms with Gasteiger partial charge in [-0.05, 0) is 48.8 Å². The third kappa shape index (κ3) is 9.48. The highest BCUT2D eigenvalue weighted by Gasteiger charge is 2.39. The predicted molar refractivity (Wildman–Crippen MR) is 212 cm³/mol. The standard InChI is InChI=1S/C33H35N5O14S5/c1-4-17(12-21-35(8-10-52-9-5-11-57(48,49)50)19-13-18(51-3)6-7-20(19)54-21)26-29(46)38(16-24(43)44)32(55-26)27-30(47)37(15-23(41)42)31(56-27)25-28(45)34(2)33(53)36(25)14-22(39)40/h6-7,12-13H,4-5,8-11,14-16H2,1-3H3,(H,39,40)(H,41,42)(H,43,44)(H,48,49,50)/b21-12-,26-17+,31-25+,32-27+. The monoisotopic (exact) mass is 885 g/mol. The molecule has 1 aromatic carbocycles. The number of methoxy groups -OCH3 is 1. The van der Waals surface area contributed by atoms with Crippen molar-refractivity contribution in [3.8, 4) is 5.75 Å². The number of thioether (sulfide) groups is 1. The van der Waals surface area contributed by atoms with Gasteiger partial charge < -0.3 is 29.7 Å². The summed E-state index contributed by atoms with van der Waals surface area (Å²) in [7, 11) is -1.34. The summed E-state index contributed by atoms with van der Waals surface area (Å²) in [4.78, 5) is 82.0. The zero-order valence-corrected chi connectivity index (χ0v) is 34.4. The van der Waals surface area contributed by atoms with Gasteiger partial charge in [0, 0.05) is 31.2 Å². The molecule has 4 N–H and O–H groups in total. The zero-order valence-electron chi connectivity index (χ0n) is 30.3. The maximum Gasteiger partial charge on any atom is 0.323 e. The van der Waals surface area contributed by atoms with E-state index in [-0.39, 0.29) is 61.8 Å². The van der Waals surface area contributed by atoms with Gasteiger partial charge in [0.15, 0.2) is 5.11 Å². The molecule has 57 heavy (non-hydrogen) atoms. The molecule has 0 saturated carbocycles. The van der Waals surface area contributed by atoms with Crippen molar-refractivity contribution < 1.29 is 56.9 Å². The van der Waals surface area contributed by atoms with E-state index in [0.717, 1.165) is 40.9 Å². The summed E-state index contributed by atoms with van der Waals surface area (Å²) in [5, 5.41) is 29.6. The number of carbonyl (C=O) groups is 4. The quantitative estimate of drug-likeness (QED) is 0.0849. The first-order valence-electron chi connectivity index (χ1n) is 16.7. The molecular weight excluding hydrogens is 851 g/mol. The number of thiocarbonyl (C=S) groups is 1. The molecule has 24 heteroatoms. The fraction of sp³-hybridized carbons (Fsp3) is 0.364. The van der Waals surface area contributed by atoms with E-state index in [1.165, 1.54) is 25.9 Å². The minimum absolute atomic E-state index is 0.0607.